The van der Waals surface area contributed by atoms with Crippen LogP contribution in [0, 0.1) is 0 Å². The SMILES string of the molecule is COc1ccc(S(=O)(=O)Nc2ccc(Cl)cc2NS(=O)(=O)c2cc3ccccc3o2)cc1NC(C)=O. The van der Waals surface area contributed by atoms with Crippen molar-refractivity contribution in [2.75, 3.05) is 21.9 Å². The summed E-state index contributed by atoms with van der Waals surface area (Å²) >= 11 is 6.06. The number of benzene rings is 3. The fraction of sp³-hybridized carbons (Fsp3) is 0.0870. The molecule has 36 heavy (non-hydrogen) atoms. The van der Waals surface area contributed by atoms with Gasteiger partial charge in [-0.25, -0.2) is 8.42 Å². The number of amides is 1. The standard InChI is InChI=1S/C23H20ClN3O7S2/c1-14(28)25-20-13-17(8-10-22(20)33-2)35(29,30)26-18-9-7-16(24)12-19(18)27-36(31,32)23-11-15-5-3-4-6-21(15)34-23/h3-13,26-27H,1-2H3,(H,25,28). The van der Waals surface area contributed by atoms with Gasteiger partial charge in [0.2, 0.25) is 11.0 Å². The van der Waals surface area contributed by atoms with Crippen LogP contribution in [0.15, 0.2) is 81.1 Å². The molecule has 1 heterocycles. The van der Waals surface area contributed by atoms with E-state index in [1.54, 1.807) is 24.3 Å². The molecular weight excluding hydrogens is 530 g/mol. The van der Waals surface area contributed by atoms with Crippen molar-refractivity contribution < 1.29 is 30.8 Å². The molecule has 0 radical (unpaired) electrons. The zero-order valence-electron chi connectivity index (χ0n) is 18.9. The van der Waals surface area contributed by atoms with Crippen LogP contribution >= 0.6 is 11.6 Å². The van der Waals surface area contributed by atoms with Crippen molar-refractivity contribution in [2.45, 2.75) is 16.9 Å². The fourth-order valence-corrected chi connectivity index (χ4v) is 5.64. The first-order valence-corrected chi connectivity index (χ1v) is 13.6. The van der Waals surface area contributed by atoms with E-state index in [4.69, 9.17) is 20.8 Å². The Bertz CT molecular complexity index is 1650. The second-order valence-electron chi connectivity index (χ2n) is 7.55. The Hall–Kier alpha value is -3.74. The van der Waals surface area contributed by atoms with E-state index < -0.39 is 26.0 Å². The van der Waals surface area contributed by atoms with Gasteiger partial charge >= 0.3 is 0 Å². The second kappa shape index (κ2) is 9.72. The summed E-state index contributed by atoms with van der Waals surface area (Å²) in [6.07, 6.45) is 0. The highest BCUT2D eigenvalue weighted by atomic mass is 35.5. The number of anilines is 3. The van der Waals surface area contributed by atoms with Crippen molar-refractivity contribution in [1.82, 2.24) is 0 Å². The highest BCUT2D eigenvalue weighted by molar-refractivity contribution is 7.93. The number of para-hydroxylation sites is 1. The topological polar surface area (TPSA) is 144 Å². The Morgan fingerprint density at radius 3 is 2.28 bits per heavy atom. The van der Waals surface area contributed by atoms with Crippen molar-refractivity contribution in [3.63, 3.8) is 0 Å². The molecule has 0 fully saturated rings. The number of halogens is 1. The first kappa shape index (κ1) is 25.4. The first-order valence-electron chi connectivity index (χ1n) is 10.3. The number of hydrogen-bond donors (Lipinski definition) is 3. The number of rotatable bonds is 8. The summed E-state index contributed by atoms with van der Waals surface area (Å²) in [6.45, 7) is 1.27. The number of carbonyl (C=O) groups excluding carboxylic acids is 1. The van der Waals surface area contributed by atoms with Crippen molar-refractivity contribution in [3.8, 4) is 5.75 Å². The molecule has 0 saturated carbocycles. The molecule has 1 amide bonds. The Balaban J connectivity index is 1.68. The van der Waals surface area contributed by atoms with E-state index in [0.29, 0.717) is 11.0 Å². The number of hydrogen-bond acceptors (Lipinski definition) is 7. The van der Waals surface area contributed by atoms with Crippen molar-refractivity contribution in [2.24, 2.45) is 0 Å². The normalized spacial score (nSPS) is 11.8. The summed E-state index contributed by atoms with van der Waals surface area (Å²) in [5, 5.41) is 2.90. The second-order valence-corrected chi connectivity index (χ2v) is 11.3. The molecule has 13 heteroatoms. The summed E-state index contributed by atoms with van der Waals surface area (Å²) < 4.78 is 67.6. The molecule has 1 aromatic heterocycles. The maximum atomic E-state index is 13.1. The Kier molecular flexibility index (Phi) is 6.85. The predicted octanol–water partition coefficient (Wildman–Crippen LogP) is 4.65. The number of carbonyl (C=O) groups is 1. The van der Waals surface area contributed by atoms with Gasteiger partial charge in [0.25, 0.3) is 20.0 Å². The summed E-state index contributed by atoms with van der Waals surface area (Å²) in [5.74, 6) is -0.161. The minimum atomic E-state index is -4.24. The van der Waals surface area contributed by atoms with Gasteiger partial charge in [-0.15, -0.1) is 0 Å². The number of sulfonamides is 2. The van der Waals surface area contributed by atoms with Gasteiger partial charge in [0.05, 0.1) is 29.1 Å². The molecule has 3 aromatic carbocycles. The number of methoxy groups -OCH3 is 1. The van der Waals surface area contributed by atoms with Crippen LogP contribution in [0.4, 0.5) is 17.1 Å². The van der Waals surface area contributed by atoms with Gasteiger partial charge in [0.15, 0.2) is 0 Å². The molecule has 0 saturated heterocycles. The van der Waals surface area contributed by atoms with E-state index >= 15 is 0 Å². The third-order valence-electron chi connectivity index (χ3n) is 4.93. The maximum absolute atomic E-state index is 13.1. The molecule has 0 bridgehead atoms. The molecule has 0 aliphatic carbocycles. The monoisotopic (exact) mass is 549 g/mol. The number of ether oxygens (including phenoxy) is 1. The van der Waals surface area contributed by atoms with Crippen molar-refractivity contribution in [1.29, 1.82) is 0 Å². The Morgan fingerprint density at radius 1 is 0.861 bits per heavy atom. The lowest BCUT2D eigenvalue weighted by Gasteiger charge is -2.15. The van der Waals surface area contributed by atoms with Crippen LogP contribution in [0.2, 0.25) is 5.02 Å². The molecule has 3 N–H and O–H groups in total. The van der Waals surface area contributed by atoms with E-state index in [2.05, 4.69) is 14.8 Å². The molecular formula is C23H20ClN3O7S2. The largest absolute Gasteiger partial charge is 0.495 e. The number of furan rings is 1. The molecule has 0 spiro atoms. The fourth-order valence-electron chi connectivity index (χ4n) is 3.32. The zero-order valence-corrected chi connectivity index (χ0v) is 21.3. The lowest BCUT2D eigenvalue weighted by Crippen LogP contribution is -2.18. The summed E-state index contributed by atoms with van der Waals surface area (Å²) in [6, 6.07) is 16.0. The smallest absolute Gasteiger partial charge is 0.295 e. The third kappa shape index (κ3) is 5.40. The van der Waals surface area contributed by atoms with Gasteiger partial charge in [0.1, 0.15) is 11.3 Å². The minimum Gasteiger partial charge on any atom is -0.495 e. The maximum Gasteiger partial charge on any atom is 0.295 e. The van der Waals surface area contributed by atoms with Gasteiger partial charge in [-0.1, -0.05) is 29.8 Å². The van der Waals surface area contributed by atoms with Gasteiger partial charge in [-0.3, -0.25) is 14.2 Å². The number of fused-ring (bicyclic) bond motifs is 1. The first-order chi connectivity index (χ1) is 17.0. The molecule has 0 unspecified atom stereocenters. The van der Waals surface area contributed by atoms with Crippen LogP contribution < -0.4 is 19.5 Å². The average Bonchev–Trinajstić information content (AvgIpc) is 3.26. The quantitative estimate of drug-likeness (QED) is 0.290. The van der Waals surface area contributed by atoms with Gasteiger partial charge in [-0.05, 0) is 42.5 Å². The summed E-state index contributed by atoms with van der Waals surface area (Å²) in [4.78, 5) is 11.3. The molecule has 0 atom stereocenters. The number of nitrogens with one attached hydrogen (secondary N) is 3. The summed E-state index contributed by atoms with van der Waals surface area (Å²) in [7, 11) is -7.09. The van der Waals surface area contributed by atoms with E-state index in [1.807, 2.05) is 0 Å². The molecule has 0 aliphatic heterocycles. The van der Waals surface area contributed by atoms with Gasteiger partial charge in [-0.2, -0.15) is 8.42 Å². The molecule has 4 aromatic rings. The predicted molar refractivity (Wildman–Crippen MR) is 137 cm³/mol. The highest BCUT2D eigenvalue weighted by Crippen LogP contribution is 2.33. The third-order valence-corrected chi connectivity index (χ3v) is 7.75. The van der Waals surface area contributed by atoms with Crippen molar-refractivity contribution in [3.05, 3.63) is 71.8 Å². The van der Waals surface area contributed by atoms with Crippen LogP contribution in [-0.2, 0) is 24.8 Å². The Labute approximate surface area is 212 Å². The minimum absolute atomic E-state index is 0.0871. The molecule has 4 rings (SSSR count). The van der Waals surface area contributed by atoms with Gasteiger partial charge in [0, 0.05) is 23.4 Å². The van der Waals surface area contributed by atoms with Crippen LogP contribution in [-0.4, -0.2) is 29.9 Å². The van der Waals surface area contributed by atoms with E-state index in [1.165, 1.54) is 56.5 Å². The van der Waals surface area contributed by atoms with Crippen molar-refractivity contribution >= 4 is 65.6 Å². The van der Waals surface area contributed by atoms with Gasteiger partial charge < -0.3 is 14.5 Å². The lowest BCUT2D eigenvalue weighted by atomic mass is 10.3. The van der Waals surface area contributed by atoms with Crippen LogP contribution in [0.1, 0.15) is 6.92 Å². The van der Waals surface area contributed by atoms with Crippen LogP contribution in [0.5, 0.6) is 5.75 Å². The van der Waals surface area contributed by atoms with E-state index in [-0.39, 0.29) is 37.8 Å². The lowest BCUT2D eigenvalue weighted by molar-refractivity contribution is -0.114. The van der Waals surface area contributed by atoms with E-state index in [9.17, 15) is 21.6 Å². The average molecular weight is 550 g/mol. The molecule has 0 aliphatic rings. The van der Waals surface area contributed by atoms with Crippen LogP contribution in [0.3, 0.4) is 0 Å². The Morgan fingerprint density at radius 2 is 1.58 bits per heavy atom. The van der Waals surface area contributed by atoms with E-state index in [0.717, 1.165) is 0 Å². The molecule has 10 nitrogen and oxygen atoms in total. The highest BCUT2D eigenvalue weighted by Gasteiger charge is 2.24. The zero-order chi connectivity index (χ0) is 26.1. The summed E-state index contributed by atoms with van der Waals surface area (Å²) in [5.41, 5.74) is 0.312. The molecule has 188 valence electrons. The van der Waals surface area contributed by atoms with Crippen LogP contribution in [0.25, 0.3) is 11.0 Å².